The molecule has 0 radical (unpaired) electrons. The summed E-state index contributed by atoms with van der Waals surface area (Å²) < 4.78 is 1.21. The Labute approximate surface area is 243 Å². The van der Waals surface area contributed by atoms with E-state index in [9.17, 15) is 0 Å². The van der Waals surface area contributed by atoms with Crippen LogP contribution in [0.15, 0.2) is 152 Å². The predicted octanol–water partition coefficient (Wildman–Crippen LogP) is 10.1. The Morgan fingerprint density at radius 1 is 0.537 bits per heavy atom. The molecule has 1 aromatic heterocycles. The lowest BCUT2D eigenvalue weighted by Crippen LogP contribution is -2.28. The smallest absolute Gasteiger partial charge is 0.124 e. The van der Waals surface area contributed by atoms with Crippen LogP contribution in [0.2, 0.25) is 0 Å². The average Bonchev–Trinajstić information content (AvgIpc) is 3.61. The number of aromatic nitrogens is 1. The van der Waals surface area contributed by atoms with Crippen molar-refractivity contribution in [3.8, 4) is 21.7 Å². The lowest BCUT2D eigenvalue weighted by atomic mass is 9.68. The fraction of sp³-hybridized carbons (Fsp3) is 0.0263. The molecule has 2 nitrogen and oxygen atoms in total. The molecule has 0 atom stereocenters. The third-order valence-electron chi connectivity index (χ3n) is 8.19. The molecule has 1 aliphatic rings. The van der Waals surface area contributed by atoms with Crippen LogP contribution in [0.5, 0.6) is 0 Å². The van der Waals surface area contributed by atoms with Gasteiger partial charge in [0.2, 0.25) is 0 Å². The quantitative estimate of drug-likeness (QED) is 0.234. The third kappa shape index (κ3) is 3.74. The summed E-state index contributed by atoms with van der Waals surface area (Å²) in [5.41, 5.74) is 11.6. The van der Waals surface area contributed by atoms with Gasteiger partial charge in [-0.1, -0.05) is 109 Å². The number of nitrogens with one attached hydrogen (secondary N) is 1. The van der Waals surface area contributed by atoms with Gasteiger partial charge in [-0.15, -0.1) is 11.3 Å². The van der Waals surface area contributed by atoms with Crippen LogP contribution in [-0.4, -0.2) is 4.98 Å². The number of anilines is 2. The second-order valence-corrected chi connectivity index (χ2v) is 11.5. The Bertz CT molecular complexity index is 1940. The molecule has 1 heterocycles. The summed E-state index contributed by atoms with van der Waals surface area (Å²) in [5.74, 6) is 0. The number of hydrogen-bond donors (Lipinski definition) is 1. The maximum absolute atomic E-state index is 4.84. The van der Waals surface area contributed by atoms with Gasteiger partial charge in [0, 0.05) is 22.5 Å². The van der Waals surface area contributed by atoms with E-state index >= 15 is 0 Å². The van der Waals surface area contributed by atoms with E-state index in [1.54, 1.807) is 11.3 Å². The first kappa shape index (κ1) is 23.9. The highest BCUT2D eigenvalue weighted by molar-refractivity contribution is 7.21. The molecule has 0 spiro atoms. The van der Waals surface area contributed by atoms with Crippen molar-refractivity contribution in [1.82, 2.24) is 4.98 Å². The van der Waals surface area contributed by atoms with E-state index in [1.807, 2.05) is 6.07 Å². The molecule has 41 heavy (non-hydrogen) atoms. The Morgan fingerprint density at radius 3 is 1.90 bits per heavy atom. The summed E-state index contributed by atoms with van der Waals surface area (Å²) in [6, 6.07) is 54.4. The van der Waals surface area contributed by atoms with Crippen molar-refractivity contribution in [3.63, 3.8) is 0 Å². The SMILES string of the molecule is c1ccc(C2(c3ccccc3)c3ccccc3-c3c(Nc4ccc(-c5nc6ccccc6s5)cc4)cccc32)cc1. The first-order valence-electron chi connectivity index (χ1n) is 13.9. The highest BCUT2D eigenvalue weighted by Gasteiger charge is 2.46. The van der Waals surface area contributed by atoms with E-state index < -0.39 is 5.41 Å². The van der Waals surface area contributed by atoms with Crippen molar-refractivity contribution < 1.29 is 0 Å². The minimum absolute atomic E-state index is 0.400. The molecule has 8 rings (SSSR count). The van der Waals surface area contributed by atoms with Gasteiger partial charge < -0.3 is 5.32 Å². The molecule has 194 valence electrons. The number of para-hydroxylation sites is 1. The molecule has 1 aliphatic carbocycles. The first-order chi connectivity index (χ1) is 20.3. The highest BCUT2D eigenvalue weighted by atomic mass is 32.1. The summed E-state index contributed by atoms with van der Waals surface area (Å²) in [4.78, 5) is 4.84. The van der Waals surface area contributed by atoms with Gasteiger partial charge in [-0.05, 0) is 70.3 Å². The molecule has 0 fully saturated rings. The van der Waals surface area contributed by atoms with Gasteiger partial charge in [0.05, 0.1) is 15.6 Å². The third-order valence-corrected chi connectivity index (χ3v) is 9.27. The largest absolute Gasteiger partial charge is 0.355 e. The van der Waals surface area contributed by atoms with E-state index in [0.29, 0.717) is 0 Å². The molecule has 0 unspecified atom stereocenters. The Balaban J connectivity index is 1.26. The number of nitrogens with zero attached hydrogens (tertiary/aromatic N) is 1. The zero-order chi connectivity index (χ0) is 27.2. The van der Waals surface area contributed by atoms with Crippen LogP contribution in [0.3, 0.4) is 0 Å². The van der Waals surface area contributed by atoms with Crippen LogP contribution in [0.4, 0.5) is 11.4 Å². The molecule has 7 aromatic rings. The van der Waals surface area contributed by atoms with Crippen LogP contribution < -0.4 is 5.32 Å². The molecule has 3 heteroatoms. The Morgan fingerprint density at radius 2 is 1.17 bits per heavy atom. The van der Waals surface area contributed by atoms with Gasteiger partial charge in [0.25, 0.3) is 0 Å². The Hall–Kier alpha value is -4.99. The summed E-state index contributed by atoms with van der Waals surface area (Å²) in [7, 11) is 0. The van der Waals surface area contributed by atoms with E-state index in [2.05, 4.69) is 151 Å². The van der Waals surface area contributed by atoms with Crippen molar-refractivity contribution in [2.45, 2.75) is 5.41 Å². The minimum atomic E-state index is -0.400. The molecule has 0 saturated carbocycles. The van der Waals surface area contributed by atoms with Crippen LogP contribution in [0.1, 0.15) is 22.3 Å². The maximum atomic E-state index is 4.84. The summed E-state index contributed by atoms with van der Waals surface area (Å²) >= 11 is 1.73. The van der Waals surface area contributed by atoms with Crippen LogP contribution in [0, 0.1) is 0 Å². The van der Waals surface area contributed by atoms with Crippen LogP contribution in [0.25, 0.3) is 31.9 Å². The van der Waals surface area contributed by atoms with E-state index in [0.717, 1.165) is 27.5 Å². The molecule has 0 amide bonds. The van der Waals surface area contributed by atoms with E-state index in [-0.39, 0.29) is 0 Å². The molecule has 0 bridgehead atoms. The zero-order valence-corrected chi connectivity index (χ0v) is 23.1. The number of hydrogen-bond acceptors (Lipinski definition) is 3. The van der Waals surface area contributed by atoms with Gasteiger partial charge in [-0.3, -0.25) is 0 Å². The number of thiazole rings is 1. The normalized spacial score (nSPS) is 13.1. The van der Waals surface area contributed by atoms with E-state index in [1.165, 1.54) is 38.1 Å². The van der Waals surface area contributed by atoms with Gasteiger partial charge in [-0.25, -0.2) is 4.98 Å². The van der Waals surface area contributed by atoms with Crippen molar-refractivity contribution in [2.75, 3.05) is 5.32 Å². The topological polar surface area (TPSA) is 24.9 Å². The minimum Gasteiger partial charge on any atom is -0.355 e. The second-order valence-electron chi connectivity index (χ2n) is 10.4. The molecule has 0 aliphatic heterocycles. The number of benzene rings is 6. The molecule has 0 saturated heterocycles. The summed E-state index contributed by atoms with van der Waals surface area (Å²) in [6.45, 7) is 0. The van der Waals surface area contributed by atoms with Gasteiger partial charge in [-0.2, -0.15) is 0 Å². The monoisotopic (exact) mass is 542 g/mol. The molecular formula is C38H26N2S. The fourth-order valence-corrected chi connectivity index (χ4v) is 7.42. The first-order valence-corrected chi connectivity index (χ1v) is 14.7. The predicted molar refractivity (Wildman–Crippen MR) is 172 cm³/mol. The van der Waals surface area contributed by atoms with E-state index in [4.69, 9.17) is 4.98 Å². The van der Waals surface area contributed by atoms with Crippen molar-refractivity contribution in [3.05, 3.63) is 174 Å². The molecular weight excluding hydrogens is 516 g/mol. The number of fused-ring (bicyclic) bond motifs is 4. The van der Waals surface area contributed by atoms with Gasteiger partial charge >= 0.3 is 0 Å². The Kier molecular flexibility index (Phi) is 5.58. The van der Waals surface area contributed by atoms with Crippen LogP contribution in [-0.2, 0) is 5.41 Å². The standard InChI is InChI=1S/C38H26N2S/c1-3-12-27(13-4-1)38(28-14-5-2-6-15-28)31-17-8-7-16-30(31)36-32(38)18-11-20-34(36)39-29-24-22-26(23-25-29)37-40-33-19-9-10-21-35(33)41-37/h1-25,39H. The lowest BCUT2D eigenvalue weighted by molar-refractivity contribution is 0.768. The average molecular weight is 543 g/mol. The number of rotatable bonds is 5. The van der Waals surface area contributed by atoms with Gasteiger partial charge in [0.15, 0.2) is 0 Å². The lowest BCUT2D eigenvalue weighted by Gasteiger charge is -2.33. The summed E-state index contributed by atoms with van der Waals surface area (Å²) in [5, 5.41) is 4.82. The zero-order valence-electron chi connectivity index (χ0n) is 22.3. The van der Waals surface area contributed by atoms with Crippen molar-refractivity contribution in [2.24, 2.45) is 0 Å². The van der Waals surface area contributed by atoms with Crippen molar-refractivity contribution >= 4 is 32.9 Å². The fourth-order valence-electron chi connectivity index (χ4n) is 6.44. The second kappa shape index (κ2) is 9.58. The molecule has 1 N–H and O–H groups in total. The summed E-state index contributed by atoms with van der Waals surface area (Å²) in [6.07, 6.45) is 0. The van der Waals surface area contributed by atoms with Gasteiger partial charge in [0.1, 0.15) is 5.01 Å². The maximum Gasteiger partial charge on any atom is 0.124 e. The van der Waals surface area contributed by atoms with Crippen LogP contribution >= 0.6 is 11.3 Å². The van der Waals surface area contributed by atoms with Crippen molar-refractivity contribution in [1.29, 1.82) is 0 Å². The highest BCUT2D eigenvalue weighted by Crippen LogP contribution is 2.58. The molecule has 6 aromatic carbocycles.